The summed E-state index contributed by atoms with van der Waals surface area (Å²) in [5.74, 6) is 0.670. The Hall–Kier alpha value is -3.85. The van der Waals surface area contributed by atoms with Crippen LogP contribution in [0.4, 0.5) is 5.69 Å². The van der Waals surface area contributed by atoms with Crippen LogP contribution < -0.4 is 19.2 Å². The lowest BCUT2D eigenvalue weighted by atomic mass is 10.0. The van der Waals surface area contributed by atoms with Crippen molar-refractivity contribution in [2.75, 3.05) is 25.1 Å². The minimum atomic E-state index is -4.01. The molecule has 9 heteroatoms. The summed E-state index contributed by atoms with van der Waals surface area (Å²) in [6.45, 7) is 5.53. The molecular formula is C27H31N3O5S. The van der Waals surface area contributed by atoms with Crippen LogP contribution >= 0.6 is 0 Å². The van der Waals surface area contributed by atoms with Crippen molar-refractivity contribution in [3.8, 4) is 11.5 Å². The average Bonchev–Trinajstić information content (AvgIpc) is 2.87. The highest BCUT2D eigenvalue weighted by atomic mass is 32.2. The van der Waals surface area contributed by atoms with Gasteiger partial charge in [0.05, 0.1) is 31.0 Å². The zero-order valence-corrected chi connectivity index (χ0v) is 21.9. The van der Waals surface area contributed by atoms with Gasteiger partial charge in [0.25, 0.3) is 15.9 Å². The van der Waals surface area contributed by atoms with E-state index in [1.807, 2.05) is 19.1 Å². The smallest absolute Gasteiger partial charge is 0.264 e. The molecule has 0 saturated heterocycles. The maximum Gasteiger partial charge on any atom is 0.264 e. The van der Waals surface area contributed by atoms with Crippen molar-refractivity contribution in [1.82, 2.24) is 5.43 Å². The number of ether oxygens (including phenoxy) is 2. The number of nitrogens with one attached hydrogen (secondary N) is 1. The molecular weight excluding hydrogens is 478 g/mol. The van der Waals surface area contributed by atoms with E-state index in [9.17, 15) is 13.2 Å². The van der Waals surface area contributed by atoms with E-state index < -0.39 is 22.5 Å². The van der Waals surface area contributed by atoms with Crippen molar-refractivity contribution in [2.45, 2.75) is 31.6 Å². The van der Waals surface area contributed by atoms with E-state index in [-0.39, 0.29) is 10.8 Å². The first-order valence-corrected chi connectivity index (χ1v) is 12.8. The monoisotopic (exact) mass is 509 g/mol. The Bertz CT molecular complexity index is 1320. The third kappa shape index (κ3) is 6.23. The number of nitrogens with zero attached hydrogens (tertiary/aromatic N) is 2. The van der Waals surface area contributed by atoms with Crippen molar-refractivity contribution in [3.63, 3.8) is 0 Å². The van der Waals surface area contributed by atoms with Crippen LogP contribution in [-0.2, 0) is 14.8 Å². The van der Waals surface area contributed by atoms with Gasteiger partial charge in [-0.05, 0) is 54.8 Å². The van der Waals surface area contributed by atoms with Crippen LogP contribution in [0.15, 0.2) is 76.7 Å². The molecule has 36 heavy (non-hydrogen) atoms. The Morgan fingerprint density at radius 1 is 1.00 bits per heavy atom. The third-order valence-corrected chi connectivity index (χ3v) is 7.36. The third-order valence-electron chi connectivity index (χ3n) is 5.57. The molecule has 0 aliphatic carbocycles. The summed E-state index contributed by atoms with van der Waals surface area (Å²) in [4.78, 5) is 12.9. The Morgan fingerprint density at radius 3 is 2.25 bits per heavy atom. The van der Waals surface area contributed by atoms with Crippen LogP contribution in [0.2, 0.25) is 0 Å². The molecule has 3 aromatic rings. The largest absolute Gasteiger partial charge is 0.493 e. The molecule has 0 fully saturated rings. The molecule has 0 aromatic heterocycles. The fourth-order valence-electron chi connectivity index (χ4n) is 3.53. The van der Waals surface area contributed by atoms with Crippen molar-refractivity contribution < 1.29 is 22.7 Å². The molecule has 8 nitrogen and oxygen atoms in total. The number of amides is 1. The second-order valence-corrected chi connectivity index (χ2v) is 10.3. The number of para-hydroxylation sites is 1. The van der Waals surface area contributed by atoms with Gasteiger partial charge in [0.15, 0.2) is 11.5 Å². The fourth-order valence-corrected chi connectivity index (χ4v) is 4.95. The van der Waals surface area contributed by atoms with E-state index in [2.05, 4.69) is 24.4 Å². The SMILES string of the molecule is COc1cccc(/C=N\NC(=O)CN(c2ccc(C(C)C)cc2)S(=O)(=O)c2ccc(C)cc2)c1OC. The number of hydrogen-bond acceptors (Lipinski definition) is 6. The zero-order chi connectivity index (χ0) is 26.3. The standard InChI is InChI=1S/C27H31N3O5S/c1-19(2)21-11-13-23(14-12-21)30(36(32,33)24-15-9-20(3)10-16-24)18-26(31)29-28-17-22-7-6-8-25(34-4)27(22)35-5/h6-17,19H,18H2,1-5H3,(H,29,31)/b28-17-. The molecule has 0 bridgehead atoms. The van der Waals surface area contributed by atoms with E-state index in [4.69, 9.17) is 9.47 Å². The minimum absolute atomic E-state index is 0.0958. The molecule has 0 heterocycles. The average molecular weight is 510 g/mol. The minimum Gasteiger partial charge on any atom is -0.493 e. The number of hydrazone groups is 1. The molecule has 0 radical (unpaired) electrons. The fraction of sp³-hybridized carbons (Fsp3) is 0.259. The zero-order valence-electron chi connectivity index (χ0n) is 21.1. The van der Waals surface area contributed by atoms with Gasteiger partial charge < -0.3 is 9.47 Å². The van der Waals surface area contributed by atoms with E-state index in [1.165, 1.54) is 32.6 Å². The van der Waals surface area contributed by atoms with E-state index >= 15 is 0 Å². The number of carbonyl (C=O) groups is 1. The highest BCUT2D eigenvalue weighted by molar-refractivity contribution is 7.92. The molecule has 3 rings (SSSR count). The molecule has 0 atom stereocenters. The second-order valence-electron chi connectivity index (χ2n) is 8.45. The Balaban J connectivity index is 1.87. The summed E-state index contributed by atoms with van der Waals surface area (Å²) in [7, 11) is -0.981. The van der Waals surface area contributed by atoms with Crippen molar-refractivity contribution in [3.05, 3.63) is 83.4 Å². The number of methoxy groups -OCH3 is 2. The normalized spacial score (nSPS) is 11.5. The highest BCUT2D eigenvalue weighted by Gasteiger charge is 2.27. The molecule has 190 valence electrons. The Morgan fingerprint density at radius 2 is 1.67 bits per heavy atom. The summed E-state index contributed by atoms with van der Waals surface area (Å²) >= 11 is 0. The van der Waals surface area contributed by atoms with E-state index in [0.717, 1.165) is 15.4 Å². The number of anilines is 1. The summed E-state index contributed by atoms with van der Waals surface area (Å²) in [5, 5.41) is 3.99. The van der Waals surface area contributed by atoms with Crippen LogP contribution in [-0.4, -0.2) is 41.3 Å². The van der Waals surface area contributed by atoms with Crippen molar-refractivity contribution in [2.24, 2.45) is 5.10 Å². The van der Waals surface area contributed by atoms with Gasteiger partial charge in [0, 0.05) is 5.56 Å². The van der Waals surface area contributed by atoms with Gasteiger partial charge in [-0.25, -0.2) is 13.8 Å². The maximum absolute atomic E-state index is 13.5. The van der Waals surface area contributed by atoms with Gasteiger partial charge in [0.2, 0.25) is 0 Å². The number of carbonyl (C=O) groups excluding carboxylic acids is 1. The van der Waals surface area contributed by atoms with Gasteiger partial charge in [-0.1, -0.05) is 49.7 Å². The Labute approximate surface area is 212 Å². The Kier molecular flexibility index (Phi) is 8.71. The molecule has 0 unspecified atom stereocenters. The van der Waals surface area contributed by atoms with Crippen LogP contribution in [0.1, 0.15) is 36.5 Å². The van der Waals surface area contributed by atoms with E-state index in [0.29, 0.717) is 22.7 Å². The molecule has 3 aromatic carbocycles. The lowest BCUT2D eigenvalue weighted by Gasteiger charge is -2.24. The first-order valence-electron chi connectivity index (χ1n) is 11.4. The number of aryl methyl sites for hydroxylation is 1. The number of rotatable bonds is 10. The van der Waals surface area contributed by atoms with E-state index in [1.54, 1.807) is 42.5 Å². The summed E-state index contributed by atoms with van der Waals surface area (Å²) < 4.78 is 38.8. The van der Waals surface area contributed by atoms with Gasteiger partial charge in [0.1, 0.15) is 6.54 Å². The van der Waals surface area contributed by atoms with Gasteiger partial charge >= 0.3 is 0 Å². The second kappa shape index (κ2) is 11.7. The van der Waals surface area contributed by atoms with Gasteiger partial charge in [-0.3, -0.25) is 9.10 Å². The first kappa shape index (κ1) is 26.7. The van der Waals surface area contributed by atoms with Gasteiger partial charge in [-0.15, -0.1) is 0 Å². The van der Waals surface area contributed by atoms with Crippen LogP contribution in [0.25, 0.3) is 0 Å². The predicted molar refractivity (Wildman–Crippen MR) is 142 cm³/mol. The summed E-state index contributed by atoms with van der Waals surface area (Å²) in [5.41, 5.74) is 5.38. The molecule has 1 amide bonds. The lowest BCUT2D eigenvalue weighted by Crippen LogP contribution is -2.39. The molecule has 1 N–H and O–H groups in total. The molecule has 0 aliphatic heterocycles. The highest BCUT2D eigenvalue weighted by Crippen LogP contribution is 2.29. The number of hydrogen-bond donors (Lipinski definition) is 1. The lowest BCUT2D eigenvalue weighted by molar-refractivity contribution is -0.119. The quantitative estimate of drug-likeness (QED) is 0.321. The summed E-state index contributed by atoms with van der Waals surface area (Å²) in [6.07, 6.45) is 1.41. The van der Waals surface area contributed by atoms with Gasteiger partial charge in [-0.2, -0.15) is 5.10 Å². The topological polar surface area (TPSA) is 97.3 Å². The van der Waals surface area contributed by atoms with Crippen LogP contribution in [0, 0.1) is 6.92 Å². The predicted octanol–water partition coefficient (Wildman–Crippen LogP) is 4.48. The van der Waals surface area contributed by atoms with Crippen molar-refractivity contribution >= 4 is 27.8 Å². The molecule has 0 spiro atoms. The van der Waals surface area contributed by atoms with Crippen LogP contribution in [0.3, 0.4) is 0 Å². The molecule has 0 aliphatic rings. The molecule has 0 saturated carbocycles. The first-order chi connectivity index (χ1) is 17.2. The van der Waals surface area contributed by atoms with Crippen molar-refractivity contribution in [1.29, 1.82) is 0 Å². The van der Waals surface area contributed by atoms with Crippen LogP contribution in [0.5, 0.6) is 11.5 Å². The number of benzene rings is 3. The number of sulfonamides is 1. The summed E-state index contributed by atoms with van der Waals surface area (Å²) in [6, 6.07) is 18.9. The maximum atomic E-state index is 13.5.